The lowest BCUT2D eigenvalue weighted by Crippen LogP contribution is -2.52. The van der Waals surface area contributed by atoms with E-state index >= 15 is 0 Å². The van der Waals surface area contributed by atoms with E-state index in [1.807, 2.05) is 29.2 Å². The van der Waals surface area contributed by atoms with Gasteiger partial charge in [0.2, 0.25) is 0 Å². The first-order valence-electron chi connectivity index (χ1n) is 17.2. The molecule has 0 radical (unpaired) electrons. The minimum absolute atomic E-state index is 0.0559. The Morgan fingerprint density at radius 2 is 1.59 bits per heavy atom. The number of carbonyl (C=O) groups excluding carboxylic acids is 3. The van der Waals surface area contributed by atoms with Gasteiger partial charge in [0, 0.05) is 55.3 Å². The van der Waals surface area contributed by atoms with Crippen LogP contribution < -0.4 is 16.4 Å². The summed E-state index contributed by atoms with van der Waals surface area (Å²) in [6, 6.07) is 9.83. The smallest absolute Gasteiger partial charge is 0.418 e. The molecule has 4 aliphatic rings. The van der Waals surface area contributed by atoms with Gasteiger partial charge >= 0.3 is 18.3 Å². The van der Waals surface area contributed by atoms with Crippen molar-refractivity contribution in [2.24, 2.45) is 11.8 Å². The van der Waals surface area contributed by atoms with Gasteiger partial charge in [0.05, 0.1) is 11.3 Å². The molecule has 10 nitrogen and oxygen atoms in total. The number of nitrogens with one attached hydrogen (secondary N) is 2. The number of carbonyl (C=O) groups is 3. The number of para-hydroxylation sites is 1. The minimum atomic E-state index is -4.70. The molecule has 4 heterocycles. The number of piperidine rings is 3. The van der Waals surface area contributed by atoms with Crippen molar-refractivity contribution in [2.75, 3.05) is 56.9 Å². The second kappa shape index (κ2) is 15.2. The van der Waals surface area contributed by atoms with Crippen LogP contribution in [0.2, 0.25) is 0 Å². The summed E-state index contributed by atoms with van der Waals surface area (Å²) in [5.41, 5.74) is 6.33. The molecule has 4 aliphatic heterocycles. The number of halogens is 4. The molecule has 0 unspecified atom stereocenters. The highest BCUT2D eigenvalue weighted by Gasteiger charge is 2.38. The van der Waals surface area contributed by atoms with Gasteiger partial charge in [-0.25, -0.2) is 9.59 Å². The number of likely N-dealkylation sites (tertiary alicyclic amines) is 2. The van der Waals surface area contributed by atoms with E-state index in [1.165, 1.54) is 11.0 Å². The molecule has 2 aromatic carbocycles. The molecule has 3 fully saturated rings. The molecule has 4 N–H and O–H groups in total. The van der Waals surface area contributed by atoms with Crippen LogP contribution in [0.5, 0.6) is 0 Å². The third-order valence-corrected chi connectivity index (χ3v) is 11.3. The van der Waals surface area contributed by atoms with Gasteiger partial charge in [-0.1, -0.05) is 18.2 Å². The molecule has 6 rings (SSSR count). The van der Waals surface area contributed by atoms with Crippen molar-refractivity contribution in [1.82, 2.24) is 20.0 Å². The molecule has 0 aliphatic carbocycles. The van der Waals surface area contributed by atoms with Crippen LogP contribution in [0.3, 0.4) is 0 Å². The first-order chi connectivity index (χ1) is 23.5. The van der Waals surface area contributed by atoms with E-state index < -0.39 is 35.5 Å². The number of nitrogens with zero attached hydrogens (tertiary/aromatic N) is 3. The Bertz CT molecular complexity index is 1520. The van der Waals surface area contributed by atoms with Crippen LogP contribution >= 0.6 is 15.9 Å². The van der Waals surface area contributed by atoms with Crippen LogP contribution in [0, 0.1) is 11.8 Å². The molecule has 2 aromatic rings. The van der Waals surface area contributed by atoms with Gasteiger partial charge in [-0.05, 0) is 115 Å². The van der Waals surface area contributed by atoms with Gasteiger partial charge < -0.3 is 35.8 Å². The summed E-state index contributed by atoms with van der Waals surface area (Å²) in [5.74, 6) is 0.712. The molecule has 49 heavy (non-hydrogen) atoms. The maximum atomic E-state index is 14.0. The van der Waals surface area contributed by atoms with Crippen LogP contribution in [0.1, 0.15) is 55.2 Å². The summed E-state index contributed by atoms with van der Waals surface area (Å²) in [7, 11) is 0. The topological polar surface area (TPSA) is 120 Å². The Hall–Kier alpha value is -3.52. The Balaban J connectivity index is 1.12. The average Bonchev–Trinajstić information content (AvgIpc) is 3.27. The van der Waals surface area contributed by atoms with E-state index in [1.54, 1.807) is 4.90 Å². The van der Waals surface area contributed by atoms with E-state index in [2.05, 4.69) is 26.6 Å². The SMILES string of the molecule is Nc1c(Br)cc(C[C@@H](OC(=O)N2CCC(N3CCc4ccccc4NC3=O)CC2)C(=O)N2CCC(C3CCNCC3)CC2)cc1C(F)(F)F. The lowest BCUT2D eigenvalue weighted by molar-refractivity contribution is -0.142. The summed E-state index contributed by atoms with van der Waals surface area (Å²) in [5, 5.41) is 6.39. The number of anilines is 2. The number of ether oxygens (including phenoxy) is 1. The Morgan fingerprint density at radius 1 is 0.939 bits per heavy atom. The molecule has 14 heteroatoms. The number of hydrogen-bond acceptors (Lipinski definition) is 6. The number of fused-ring (bicyclic) bond motifs is 1. The van der Waals surface area contributed by atoms with Gasteiger partial charge in [-0.2, -0.15) is 13.2 Å². The zero-order valence-electron chi connectivity index (χ0n) is 27.4. The summed E-state index contributed by atoms with van der Waals surface area (Å²) in [6.45, 7) is 4.19. The van der Waals surface area contributed by atoms with Gasteiger partial charge in [-0.15, -0.1) is 0 Å². The van der Waals surface area contributed by atoms with Crippen LogP contribution in [0.15, 0.2) is 40.9 Å². The van der Waals surface area contributed by atoms with Crippen LogP contribution in [-0.2, 0) is 28.5 Å². The average molecular weight is 750 g/mol. The number of rotatable bonds is 6. The first kappa shape index (κ1) is 35.3. The van der Waals surface area contributed by atoms with Crippen molar-refractivity contribution >= 4 is 45.3 Å². The highest BCUT2D eigenvalue weighted by molar-refractivity contribution is 9.10. The zero-order valence-corrected chi connectivity index (χ0v) is 29.0. The lowest BCUT2D eigenvalue weighted by Gasteiger charge is -2.39. The van der Waals surface area contributed by atoms with Gasteiger partial charge in [0.1, 0.15) is 0 Å². The summed E-state index contributed by atoms with van der Waals surface area (Å²) in [4.78, 5) is 45.6. The normalized spacial score (nSPS) is 20.7. The Labute approximate surface area is 293 Å². The first-order valence-corrected chi connectivity index (χ1v) is 18.0. The molecule has 0 spiro atoms. The van der Waals surface area contributed by atoms with Crippen molar-refractivity contribution in [3.63, 3.8) is 0 Å². The highest BCUT2D eigenvalue weighted by atomic mass is 79.9. The van der Waals surface area contributed by atoms with Crippen molar-refractivity contribution in [3.8, 4) is 0 Å². The van der Waals surface area contributed by atoms with Crippen molar-refractivity contribution < 1.29 is 32.3 Å². The van der Waals surface area contributed by atoms with E-state index in [0.29, 0.717) is 63.8 Å². The monoisotopic (exact) mass is 748 g/mol. The standard InChI is InChI=1S/C35H44BrF3N6O4/c36-28-20-22(19-27(31(28)40)35(37,38)39)21-30(32(46)43-14-7-24(8-15-43)23-5-12-41-13-6-23)49-34(48)44-16-10-26(11-17-44)45-18-9-25-3-1-2-4-29(25)42-33(45)47/h1-4,19-20,23-24,26,30,41H,5-18,21,40H2,(H,42,47)/t30-/m1/s1. The number of alkyl halides is 3. The van der Waals surface area contributed by atoms with Crippen LogP contribution in [0.4, 0.5) is 34.1 Å². The number of urea groups is 1. The third kappa shape index (κ3) is 8.28. The number of nitrogen functional groups attached to an aromatic ring is 1. The quantitative estimate of drug-likeness (QED) is 0.317. The van der Waals surface area contributed by atoms with E-state index in [-0.39, 0.29) is 28.5 Å². The second-order valence-corrected chi connectivity index (χ2v) is 14.5. The van der Waals surface area contributed by atoms with E-state index in [0.717, 1.165) is 56.1 Å². The molecule has 0 aromatic heterocycles. The second-order valence-electron chi connectivity index (χ2n) is 13.6. The lowest BCUT2D eigenvalue weighted by atomic mass is 9.79. The van der Waals surface area contributed by atoms with Crippen molar-refractivity contribution in [3.05, 3.63) is 57.6 Å². The van der Waals surface area contributed by atoms with E-state index in [9.17, 15) is 27.6 Å². The molecule has 0 saturated carbocycles. The molecule has 1 atom stereocenters. The fraction of sp³-hybridized carbons (Fsp3) is 0.571. The molecule has 266 valence electrons. The third-order valence-electron chi connectivity index (χ3n) is 10.6. The summed E-state index contributed by atoms with van der Waals surface area (Å²) in [6.07, 6.45) is -1.27. The fourth-order valence-electron chi connectivity index (χ4n) is 7.82. The highest BCUT2D eigenvalue weighted by Crippen LogP contribution is 2.38. The summed E-state index contributed by atoms with van der Waals surface area (Å²) >= 11 is 3.13. The van der Waals surface area contributed by atoms with Crippen LogP contribution in [0.25, 0.3) is 0 Å². The Morgan fingerprint density at radius 3 is 2.29 bits per heavy atom. The fourth-order valence-corrected chi connectivity index (χ4v) is 8.33. The Kier molecular flexibility index (Phi) is 10.9. The molecule has 0 bridgehead atoms. The number of benzene rings is 2. The zero-order chi connectivity index (χ0) is 34.7. The number of hydrogen-bond donors (Lipinski definition) is 3. The van der Waals surface area contributed by atoms with Crippen LogP contribution in [-0.4, -0.2) is 90.7 Å². The molecule has 4 amide bonds. The van der Waals surface area contributed by atoms with E-state index in [4.69, 9.17) is 10.5 Å². The number of nitrogens with two attached hydrogens (primary N) is 1. The largest absolute Gasteiger partial charge is 0.436 e. The summed E-state index contributed by atoms with van der Waals surface area (Å²) < 4.78 is 47.4. The minimum Gasteiger partial charge on any atom is -0.436 e. The molecular weight excluding hydrogens is 705 g/mol. The predicted molar refractivity (Wildman–Crippen MR) is 183 cm³/mol. The maximum absolute atomic E-state index is 14.0. The molecule has 3 saturated heterocycles. The van der Waals surface area contributed by atoms with Gasteiger partial charge in [-0.3, -0.25) is 4.79 Å². The molecular formula is C35H44BrF3N6O4. The van der Waals surface area contributed by atoms with Crippen molar-refractivity contribution in [2.45, 2.75) is 69.7 Å². The van der Waals surface area contributed by atoms with Gasteiger partial charge in [0.25, 0.3) is 5.91 Å². The maximum Gasteiger partial charge on any atom is 0.418 e. The predicted octanol–water partition coefficient (Wildman–Crippen LogP) is 5.89. The van der Waals surface area contributed by atoms with Crippen molar-refractivity contribution in [1.29, 1.82) is 0 Å². The van der Waals surface area contributed by atoms with Gasteiger partial charge in [0.15, 0.2) is 6.10 Å². The number of amides is 4.